The van der Waals surface area contributed by atoms with Crippen LogP contribution < -0.4 is 15.8 Å². The number of amides is 1. The van der Waals surface area contributed by atoms with Gasteiger partial charge in [-0.2, -0.15) is 0 Å². The lowest BCUT2D eigenvalue weighted by Crippen LogP contribution is -2.23. The molecule has 0 aliphatic rings. The van der Waals surface area contributed by atoms with Gasteiger partial charge >= 0.3 is 0 Å². The molecule has 0 bridgehead atoms. The second kappa shape index (κ2) is 8.81. The third kappa shape index (κ3) is 5.05. The van der Waals surface area contributed by atoms with Gasteiger partial charge in [0.05, 0.1) is 10.2 Å². The van der Waals surface area contributed by atoms with E-state index in [1.165, 1.54) is 18.2 Å². The van der Waals surface area contributed by atoms with Crippen molar-refractivity contribution in [3.05, 3.63) is 63.5 Å². The Hall–Kier alpha value is -2.98. The van der Waals surface area contributed by atoms with Crippen LogP contribution >= 0.6 is 27.5 Å². The summed E-state index contributed by atoms with van der Waals surface area (Å²) in [4.78, 5) is 16.2. The van der Waals surface area contributed by atoms with E-state index in [0.29, 0.717) is 16.5 Å². The molecule has 3 N–H and O–H groups in total. The number of nitrogens with one attached hydrogen (secondary N) is 1. The molecule has 0 aliphatic heterocycles. The molecule has 0 atom stereocenters. The van der Waals surface area contributed by atoms with Crippen LogP contribution in [0.3, 0.4) is 0 Å². The second-order valence-electron chi connectivity index (χ2n) is 5.35. The highest BCUT2D eigenvalue weighted by molar-refractivity contribution is 9.10. The third-order valence-electron chi connectivity index (χ3n) is 3.33. The number of carbonyl (C=O) groups excluding carboxylic acids is 1. The highest BCUT2D eigenvalue weighted by Gasteiger charge is 2.17. The first-order valence-electron chi connectivity index (χ1n) is 7.73. The molecule has 3 rings (SSSR count). The van der Waals surface area contributed by atoms with Crippen molar-refractivity contribution < 1.29 is 18.6 Å². The minimum Gasteiger partial charge on any atom is -0.484 e. The summed E-state index contributed by atoms with van der Waals surface area (Å²) < 4.78 is 23.5. The lowest BCUT2D eigenvalue weighted by molar-refractivity contribution is -0.118. The van der Waals surface area contributed by atoms with Gasteiger partial charge in [0, 0.05) is 5.02 Å². The molecule has 0 radical (unpaired) electrons. The molecule has 11 heteroatoms. The summed E-state index contributed by atoms with van der Waals surface area (Å²) in [6.45, 7) is -0.282. The summed E-state index contributed by atoms with van der Waals surface area (Å²) in [5, 5.41) is 10.3. The van der Waals surface area contributed by atoms with E-state index in [2.05, 4.69) is 41.2 Å². The summed E-state index contributed by atoms with van der Waals surface area (Å²) in [7, 11) is 0. The Kier molecular flexibility index (Phi) is 6.22. The predicted molar refractivity (Wildman–Crippen MR) is 104 cm³/mol. The van der Waals surface area contributed by atoms with Crippen LogP contribution in [0.15, 0.2) is 56.6 Å². The molecule has 0 saturated heterocycles. The fraction of sp³-hybridized carbons (Fsp3) is 0.0588. The molecule has 144 valence electrons. The van der Waals surface area contributed by atoms with Gasteiger partial charge in [-0.25, -0.2) is 14.0 Å². The number of halogens is 3. The molecule has 0 unspecified atom stereocenters. The van der Waals surface area contributed by atoms with Gasteiger partial charge in [-0.05, 0) is 68.7 Å². The van der Waals surface area contributed by atoms with E-state index >= 15 is 0 Å². The highest BCUT2D eigenvalue weighted by atomic mass is 79.9. The van der Waals surface area contributed by atoms with E-state index in [-0.39, 0.29) is 28.4 Å². The first-order chi connectivity index (χ1) is 13.4. The number of anilines is 1. The van der Waals surface area contributed by atoms with E-state index in [9.17, 15) is 9.18 Å². The molecule has 0 saturated carbocycles. The number of hydrogen-bond acceptors (Lipinski definition) is 6. The van der Waals surface area contributed by atoms with Crippen LogP contribution in [0.5, 0.6) is 5.75 Å². The maximum atomic E-state index is 13.3. The Bertz CT molecular complexity index is 1030. The van der Waals surface area contributed by atoms with Gasteiger partial charge in [-0.1, -0.05) is 11.6 Å². The Balaban J connectivity index is 1.66. The normalized spacial score (nSPS) is 11.3. The summed E-state index contributed by atoms with van der Waals surface area (Å²) in [5.41, 5.74) is 6.30. The van der Waals surface area contributed by atoms with Gasteiger partial charge in [-0.3, -0.25) is 4.79 Å². The average Bonchev–Trinajstić information content (AvgIpc) is 3.12. The molecule has 1 amide bonds. The van der Waals surface area contributed by atoms with Crippen molar-refractivity contribution in [3.63, 3.8) is 0 Å². The van der Waals surface area contributed by atoms with Crippen molar-refractivity contribution in [2.75, 3.05) is 11.9 Å². The first kappa shape index (κ1) is 19.8. The zero-order valence-electron chi connectivity index (χ0n) is 14.0. The van der Waals surface area contributed by atoms with Crippen LogP contribution in [0.2, 0.25) is 5.02 Å². The van der Waals surface area contributed by atoms with Crippen LogP contribution in [0.25, 0.3) is 0 Å². The number of carbonyl (C=O) groups is 1. The SMILES string of the molecule is NC(=Nc1ccc(F)c(Br)c1)c1nonc1NC(=O)COc1ccc(Cl)cc1. The van der Waals surface area contributed by atoms with Crippen molar-refractivity contribution >= 4 is 50.8 Å². The number of ether oxygens (including phenoxy) is 1. The molecular formula is C17H12BrClFN5O3. The van der Waals surface area contributed by atoms with Crippen molar-refractivity contribution in [2.24, 2.45) is 10.7 Å². The quantitative estimate of drug-likeness (QED) is 0.421. The number of hydrogen-bond donors (Lipinski definition) is 2. The van der Waals surface area contributed by atoms with Crippen molar-refractivity contribution in [1.29, 1.82) is 0 Å². The zero-order valence-corrected chi connectivity index (χ0v) is 16.4. The lowest BCUT2D eigenvalue weighted by atomic mass is 10.3. The first-order valence-corrected chi connectivity index (χ1v) is 8.90. The number of nitrogens with two attached hydrogens (primary N) is 1. The van der Waals surface area contributed by atoms with Gasteiger partial charge in [0.2, 0.25) is 5.82 Å². The average molecular weight is 469 g/mol. The smallest absolute Gasteiger partial charge is 0.263 e. The van der Waals surface area contributed by atoms with Crippen molar-refractivity contribution in [1.82, 2.24) is 10.3 Å². The predicted octanol–water partition coefficient (Wildman–Crippen LogP) is 3.68. The number of nitrogens with zero attached hydrogens (tertiary/aromatic N) is 3. The summed E-state index contributed by atoms with van der Waals surface area (Å²) in [6.07, 6.45) is 0. The molecule has 0 fully saturated rings. The largest absolute Gasteiger partial charge is 0.484 e. The number of aliphatic imine (C=N–C) groups is 1. The zero-order chi connectivity index (χ0) is 20.1. The number of benzene rings is 2. The molecule has 0 aliphatic carbocycles. The number of amidine groups is 1. The molecule has 0 spiro atoms. The molecular weight excluding hydrogens is 457 g/mol. The molecule has 28 heavy (non-hydrogen) atoms. The Labute approximate surface area is 171 Å². The van der Waals surface area contributed by atoms with Crippen molar-refractivity contribution in [3.8, 4) is 5.75 Å². The van der Waals surface area contributed by atoms with E-state index in [1.807, 2.05) is 0 Å². The summed E-state index contributed by atoms with van der Waals surface area (Å²) in [6, 6.07) is 10.6. The Morgan fingerprint density at radius 3 is 2.75 bits per heavy atom. The Morgan fingerprint density at radius 2 is 2.04 bits per heavy atom. The topological polar surface area (TPSA) is 116 Å². The lowest BCUT2D eigenvalue weighted by Gasteiger charge is -2.06. The summed E-state index contributed by atoms with van der Waals surface area (Å²) in [5.74, 6) is -0.569. The van der Waals surface area contributed by atoms with Crippen LogP contribution in [-0.2, 0) is 4.79 Å². The van der Waals surface area contributed by atoms with E-state index in [0.717, 1.165) is 0 Å². The Morgan fingerprint density at radius 1 is 1.29 bits per heavy atom. The van der Waals surface area contributed by atoms with Gasteiger partial charge in [0.25, 0.3) is 5.91 Å². The minimum atomic E-state index is -0.510. The number of rotatable bonds is 6. The minimum absolute atomic E-state index is 0.0212. The van der Waals surface area contributed by atoms with Gasteiger partial charge in [0.15, 0.2) is 18.1 Å². The van der Waals surface area contributed by atoms with Crippen molar-refractivity contribution in [2.45, 2.75) is 0 Å². The van der Waals surface area contributed by atoms with Crippen LogP contribution in [0, 0.1) is 5.82 Å². The molecule has 3 aromatic rings. The van der Waals surface area contributed by atoms with Crippen LogP contribution in [0.4, 0.5) is 15.9 Å². The fourth-order valence-electron chi connectivity index (χ4n) is 2.03. The second-order valence-corrected chi connectivity index (χ2v) is 6.64. The van der Waals surface area contributed by atoms with Crippen LogP contribution in [-0.4, -0.2) is 28.7 Å². The van der Waals surface area contributed by atoms with E-state index in [1.54, 1.807) is 24.3 Å². The standard InChI is InChI=1S/C17H12BrClFN5O3/c18-12-7-10(3-6-13(12)20)22-16(21)15-17(25-28-24-15)23-14(26)8-27-11-4-1-9(19)2-5-11/h1-7H,8H2,(H2,21,22)(H,23,25,26). The maximum Gasteiger partial charge on any atom is 0.263 e. The number of aromatic nitrogens is 2. The molecule has 1 heterocycles. The monoisotopic (exact) mass is 467 g/mol. The van der Waals surface area contributed by atoms with Crippen LogP contribution in [0.1, 0.15) is 5.69 Å². The maximum absolute atomic E-state index is 13.3. The molecule has 2 aromatic carbocycles. The van der Waals surface area contributed by atoms with E-state index < -0.39 is 11.7 Å². The van der Waals surface area contributed by atoms with Gasteiger partial charge in [0.1, 0.15) is 11.6 Å². The van der Waals surface area contributed by atoms with Gasteiger partial charge < -0.3 is 15.8 Å². The summed E-state index contributed by atoms with van der Waals surface area (Å²) >= 11 is 8.85. The van der Waals surface area contributed by atoms with E-state index in [4.69, 9.17) is 22.1 Å². The van der Waals surface area contributed by atoms with Gasteiger partial charge in [-0.15, -0.1) is 0 Å². The highest BCUT2D eigenvalue weighted by Crippen LogP contribution is 2.23. The fourth-order valence-corrected chi connectivity index (χ4v) is 2.53. The molecule has 1 aromatic heterocycles. The third-order valence-corrected chi connectivity index (χ3v) is 4.18. The molecule has 8 nitrogen and oxygen atoms in total.